The van der Waals surface area contributed by atoms with Crippen LogP contribution < -0.4 is 15.5 Å². The molecule has 0 saturated carbocycles. The minimum atomic E-state index is -1.78. The molecule has 0 radical (unpaired) electrons. The number of pyridine rings is 1. The van der Waals surface area contributed by atoms with Gasteiger partial charge < -0.3 is 20.1 Å². The third-order valence-electron chi connectivity index (χ3n) is 2.53. The van der Waals surface area contributed by atoms with E-state index in [1.807, 2.05) is 0 Å². The minimum Gasteiger partial charge on any atom is -0.449 e. The fourth-order valence-corrected chi connectivity index (χ4v) is 1.67. The number of hydrogen-bond donors (Lipinski definition) is 3. The number of ether oxygens (including phenoxy) is 1. The second-order valence-electron chi connectivity index (χ2n) is 3.69. The Morgan fingerprint density at radius 2 is 2.00 bits per heavy atom. The van der Waals surface area contributed by atoms with Crippen molar-refractivity contribution in [2.75, 3.05) is 12.4 Å². The summed E-state index contributed by atoms with van der Waals surface area (Å²) in [5, 5.41) is 10.3. The van der Waals surface area contributed by atoms with E-state index >= 15 is 0 Å². The van der Waals surface area contributed by atoms with E-state index in [9.17, 15) is 22.8 Å². The molecule has 0 spiro atoms. The van der Waals surface area contributed by atoms with Gasteiger partial charge >= 0.3 is 6.16 Å². The molecule has 106 valence electrons. The summed E-state index contributed by atoms with van der Waals surface area (Å²) < 4.78 is 44.1. The van der Waals surface area contributed by atoms with Crippen LogP contribution in [0.2, 0.25) is 0 Å². The lowest BCUT2D eigenvalue weighted by Crippen LogP contribution is -2.17. The average molecular weight is 288 g/mol. The molecule has 1 aromatic heterocycles. The van der Waals surface area contributed by atoms with Crippen LogP contribution in [0, 0.1) is 17.5 Å². The van der Waals surface area contributed by atoms with Crippen LogP contribution in [0.4, 0.5) is 23.8 Å². The summed E-state index contributed by atoms with van der Waals surface area (Å²) in [6, 6.07) is 0.459. The number of carbonyl (C=O) groups is 1. The smallest absolute Gasteiger partial charge is 0.449 e. The van der Waals surface area contributed by atoms with Crippen molar-refractivity contribution in [2.24, 2.45) is 0 Å². The standard InChI is InChI=1S/C11H7F3N2O4/c1-15-10-9(20-11(18)19)8(17)3-2-4(12)5(13)6(14)7(3)16-10/h2H,1H3,(H,18,19)(H2,15,16,17). The second-order valence-corrected chi connectivity index (χ2v) is 3.69. The van der Waals surface area contributed by atoms with Gasteiger partial charge in [0.25, 0.3) is 0 Å². The first kappa shape index (κ1) is 13.7. The van der Waals surface area contributed by atoms with Gasteiger partial charge in [-0.25, -0.2) is 18.0 Å². The number of aromatic amines is 1. The number of rotatable bonds is 2. The monoisotopic (exact) mass is 288 g/mol. The van der Waals surface area contributed by atoms with Gasteiger partial charge in [0.2, 0.25) is 11.2 Å². The molecule has 2 rings (SSSR count). The van der Waals surface area contributed by atoms with Crippen molar-refractivity contribution < 1.29 is 27.8 Å². The predicted molar refractivity (Wildman–Crippen MR) is 62.6 cm³/mol. The first-order valence-corrected chi connectivity index (χ1v) is 5.18. The molecule has 0 aliphatic heterocycles. The molecule has 1 aromatic carbocycles. The Morgan fingerprint density at radius 3 is 2.55 bits per heavy atom. The highest BCUT2D eigenvalue weighted by molar-refractivity contribution is 5.84. The van der Waals surface area contributed by atoms with Gasteiger partial charge in [-0.05, 0) is 6.07 Å². The Hall–Kier alpha value is -2.71. The van der Waals surface area contributed by atoms with Crippen molar-refractivity contribution in [1.82, 2.24) is 4.98 Å². The van der Waals surface area contributed by atoms with Crippen LogP contribution in [0.15, 0.2) is 10.9 Å². The Bertz CT molecular complexity index is 773. The lowest BCUT2D eigenvalue weighted by atomic mass is 10.1. The van der Waals surface area contributed by atoms with Crippen LogP contribution >= 0.6 is 0 Å². The van der Waals surface area contributed by atoms with E-state index in [0.29, 0.717) is 6.07 Å². The van der Waals surface area contributed by atoms with Crippen molar-refractivity contribution >= 4 is 22.9 Å². The van der Waals surface area contributed by atoms with Gasteiger partial charge in [0.1, 0.15) is 0 Å². The zero-order valence-corrected chi connectivity index (χ0v) is 9.88. The van der Waals surface area contributed by atoms with Crippen LogP contribution in [0.25, 0.3) is 10.9 Å². The Morgan fingerprint density at radius 1 is 1.35 bits per heavy atom. The van der Waals surface area contributed by atoms with Crippen LogP contribution in [0.1, 0.15) is 0 Å². The third kappa shape index (κ3) is 2.02. The molecule has 0 bridgehead atoms. The molecular formula is C11H7F3N2O4. The summed E-state index contributed by atoms with van der Waals surface area (Å²) in [4.78, 5) is 24.7. The van der Waals surface area contributed by atoms with Crippen LogP contribution in [-0.4, -0.2) is 23.3 Å². The maximum Gasteiger partial charge on any atom is 0.511 e. The topological polar surface area (TPSA) is 91.4 Å². The average Bonchev–Trinajstić information content (AvgIpc) is 2.39. The highest BCUT2D eigenvalue weighted by Crippen LogP contribution is 2.25. The molecule has 2 aromatic rings. The fourth-order valence-electron chi connectivity index (χ4n) is 1.67. The maximum atomic E-state index is 13.6. The van der Waals surface area contributed by atoms with E-state index in [1.54, 1.807) is 0 Å². The number of H-pyrrole nitrogens is 1. The third-order valence-corrected chi connectivity index (χ3v) is 2.53. The van der Waals surface area contributed by atoms with Gasteiger partial charge in [-0.1, -0.05) is 0 Å². The molecule has 20 heavy (non-hydrogen) atoms. The SMILES string of the molecule is CNc1[nH]c2c(F)c(F)c(F)cc2c(=O)c1OC(=O)O. The van der Waals surface area contributed by atoms with E-state index in [0.717, 1.165) is 0 Å². The number of fused-ring (bicyclic) bond motifs is 1. The molecule has 6 nitrogen and oxygen atoms in total. The number of aromatic nitrogens is 1. The molecule has 1 heterocycles. The zero-order valence-electron chi connectivity index (χ0n) is 9.88. The molecule has 0 aliphatic carbocycles. The normalized spacial score (nSPS) is 10.6. The molecule has 0 amide bonds. The summed E-state index contributed by atoms with van der Waals surface area (Å²) in [6.45, 7) is 0. The van der Waals surface area contributed by atoms with Crippen molar-refractivity contribution in [2.45, 2.75) is 0 Å². The number of anilines is 1. The molecule has 0 unspecified atom stereocenters. The highest BCUT2D eigenvalue weighted by Gasteiger charge is 2.21. The number of benzene rings is 1. The van der Waals surface area contributed by atoms with Crippen LogP contribution in [0.3, 0.4) is 0 Å². The minimum absolute atomic E-state index is 0.283. The fraction of sp³-hybridized carbons (Fsp3) is 0.0909. The highest BCUT2D eigenvalue weighted by atomic mass is 19.2. The summed E-state index contributed by atoms with van der Waals surface area (Å²) in [6.07, 6.45) is -1.78. The largest absolute Gasteiger partial charge is 0.511 e. The summed E-state index contributed by atoms with van der Waals surface area (Å²) in [5.41, 5.74) is -1.70. The van der Waals surface area contributed by atoms with Gasteiger partial charge in [0, 0.05) is 7.05 Å². The lowest BCUT2D eigenvalue weighted by molar-refractivity contribution is 0.144. The Balaban J connectivity index is 2.91. The van der Waals surface area contributed by atoms with Crippen molar-refractivity contribution in [3.8, 4) is 5.75 Å². The quantitative estimate of drug-likeness (QED) is 0.581. The Kier molecular flexibility index (Phi) is 3.26. The molecule has 0 fully saturated rings. The summed E-state index contributed by atoms with van der Waals surface area (Å²) in [5.74, 6) is -5.88. The number of hydrogen-bond acceptors (Lipinski definition) is 4. The van der Waals surface area contributed by atoms with Gasteiger partial charge in [-0.2, -0.15) is 0 Å². The van der Waals surface area contributed by atoms with Crippen molar-refractivity contribution in [1.29, 1.82) is 0 Å². The van der Waals surface area contributed by atoms with E-state index in [1.165, 1.54) is 7.05 Å². The van der Waals surface area contributed by atoms with Gasteiger partial charge in [0.05, 0.1) is 10.9 Å². The van der Waals surface area contributed by atoms with Crippen LogP contribution in [-0.2, 0) is 0 Å². The lowest BCUT2D eigenvalue weighted by Gasteiger charge is -2.10. The van der Waals surface area contributed by atoms with Gasteiger partial charge in [-0.3, -0.25) is 4.79 Å². The predicted octanol–water partition coefficient (Wildman–Crippen LogP) is 2.04. The first-order chi connectivity index (χ1) is 9.36. The van der Waals surface area contributed by atoms with Crippen molar-refractivity contribution in [3.63, 3.8) is 0 Å². The molecular weight excluding hydrogens is 281 g/mol. The van der Waals surface area contributed by atoms with E-state index in [4.69, 9.17) is 5.11 Å². The van der Waals surface area contributed by atoms with E-state index < -0.39 is 45.7 Å². The van der Waals surface area contributed by atoms with E-state index in [2.05, 4.69) is 15.0 Å². The molecule has 0 aliphatic rings. The van der Waals surface area contributed by atoms with Crippen molar-refractivity contribution in [3.05, 3.63) is 33.7 Å². The molecule has 0 atom stereocenters. The summed E-state index contributed by atoms with van der Waals surface area (Å²) >= 11 is 0. The molecule has 3 N–H and O–H groups in total. The van der Waals surface area contributed by atoms with E-state index in [-0.39, 0.29) is 5.82 Å². The van der Waals surface area contributed by atoms with Gasteiger partial charge in [0.15, 0.2) is 23.3 Å². The summed E-state index contributed by atoms with van der Waals surface area (Å²) in [7, 11) is 1.30. The van der Waals surface area contributed by atoms with Crippen LogP contribution in [0.5, 0.6) is 5.75 Å². The molecule has 0 saturated heterocycles. The Labute approximate surface area is 108 Å². The maximum absolute atomic E-state index is 13.6. The molecule has 9 heteroatoms. The second kappa shape index (κ2) is 4.76. The number of halogens is 3. The van der Waals surface area contributed by atoms with Gasteiger partial charge in [-0.15, -0.1) is 0 Å². The number of carboxylic acid groups (broad SMARTS) is 1. The number of nitrogens with one attached hydrogen (secondary N) is 2. The zero-order chi connectivity index (χ0) is 15.0. The first-order valence-electron chi connectivity index (χ1n) is 5.18.